The van der Waals surface area contributed by atoms with Crippen LogP contribution in [0.15, 0.2) is 0 Å². The molecule has 1 aliphatic rings. The summed E-state index contributed by atoms with van der Waals surface area (Å²) in [6, 6.07) is 0. The maximum atomic E-state index is 11.7. The zero-order valence-corrected chi connectivity index (χ0v) is 13.1. The van der Waals surface area contributed by atoms with Gasteiger partial charge in [0, 0.05) is 44.7 Å². The average Bonchev–Trinajstić information content (AvgIpc) is 2.27. The fourth-order valence-electron chi connectivity index (χ4n) is 1.88. The van der Waals surface area contributed by atoms with E-state index in [4.69, 9.17) is 0 Å². The number of nitrogens with one attached hydrogen (secondary N) is 1. The van der Waals surface area contributed by atoms with Crippen molar-refractivity contribution in [1.29, 1.82) is 0 Å². The van der Waals surface area contributed by atoms with E-state index in [2.05, 4.69) is 10.2 Å². The Labute approximate surface area is 116 Å². The van der Waals surface area contributed by atoms with Gasteiger partial charge in [0.1, 0.15) is 0 Å². The molecule has 1 amide bonds. The van der Waals surface area contributed by atoms with Gasteiger partial charge in [0.15, 0.2) is 0 Å². The topological polar surface area (TPSA) is 69.7 Å². The van der Waals surface area contributed by atoms with Gasteiger partial charge in [0.2, 0.25) is 15.9 Å². The Bertz CT molecular complexity index is 406. The summed E-state index contributed by atoms with van der Waals surface area (Å²) in [5, 5.41) is 2.90. The van der Waals surface area contributed by atoms with Crippen LogP contribution in [-0.4, -0.2) is 69.1 Å². The van der Waals surface area contributed by atoms with Crippen molar-refractivity contribution in [3.8, 4) is 0 Å². The molecular formula is C12H25N3O3S. The molecule has 0 saturated carbocycles. The number of carbonyl (C=O) groups is 1. The molecule has 0 spiro atoms. The van der Waals surface area contributed by atoms with Gasteiger partial charge < -0.3 is 5.32 Å². The normalized spacial score (nSPS) is 19.4. The second kappa shape index (κ2) is 6.19. The lowest BCUT2D eigenvalue weighted by Crippen LogP contribution is -2.50. The quantitative estimate of drug-likeness (QED) is 0.774. The predicted molar refractivity (Wildman–Crippen MR) is 75.3 cm³/mol. The van der Waals surface area contributed by atoms with E-state index < -0.39 is 10.0 Å². The minimum absolute atomic E-state index is 0.0438. The van der Waals surface area contributed by atoms with Crippen LogP contribution in [-0.2, 0) is 14.8 Å². The summed E-state index contributed by atoms with van der Waals surface area (Å²) in [5.41, 5.74) is -0.366. The molecule has 0 radical (unpaired) electrons. The Morgan fingerprint density at radius 1 is 1.16 bits per heavy atom. The first-order valence-corrected chi connectivity index (χ1v) is 8.41. The Morgan fingerprint density at radius 2 is 1.68 bits per heavy atom. The van der Waals surface area contributed by atoms with Crippen LogP contribution in [0, 0.1) is 5.41 Å². The van der Waals surface area contributed by atoms with E-state index in [0.29, 0.717) is 19.6 Å². The summed E-state index contributed by atoms with van der Waals surface area (Å²) in [4.78, 5) is 13.8. The van der Waals surface area contributed by atoms with E-state index >= 15 is 0 Å². The van der Waals surface area contributed by atoms with Crippen LogP contribution >= 0.6 is 0 Å². The number of carbonyl (C=O) groups excluding carboxylic acids is 1. The fourth-order valence-corrected chi connectivity index (χ4v) is 2.70. The van der Waals surface area contributed by atoms with Crippen molar-refractivity contribution in [3.63, 3.8) is 0 Å². The van der Waals surface area contributed by atoms with Crippen LogP contribution in [0.5, 0.6) is 0 Å². The highest BCUT2D eigenvalue weighted by Gasteiger charge is 2.24. The molecule has 0 aromatic heterocycles. The molecule has 112 valence electrons. The smallest absolute Gasteiger partial charge is 0.225 e. The first kappa shape index (κ1) is 16.4. The summed E-state index contributed by atoms with van der Waals surface area (Å²) >= 11 is 0. The standard InChI is InChI=1S/C12H25N3O3S/c1-12(2,3)11(16)13-5-6-14-7-9-15(10-8-14)19(4,17)18/h5-10H2,1-4H3,(H,13,16). The van der Waals surface area contributed by atoms with Gasteiger partial charge in [0.25, 0.3) is 0 Å². The van der Waals surface area contributed by atoms with Crippen LogP contribution in [0.25, 0.3) is 0 Å². The Hall–Kier alpha value is -0.660. The molecule has 0 aromatic carbocycles. The third-order valence-electron chi connectivity index (χ3n) is 3.20. The van der Waals surface area contributed by atoms with Crippen molar-refractivity contribution in [2.75, 3.05) is 45.5 Å². The lowest BCUT2D eigenvalue weighted by Gasteiger charge is -2.33. The maximum absolute atomic E-state index is 11.7. The number of nitrogens with zero attached hydrogens (tertiary/aromatic N) is 2. The van der Waals surface area contributed by atoms with Crippen molar-refractivity contribution in [3.05, 3.63) is 0 Å². The Kier molecular flexibility index (Phi) is 5.34. The maximum Gasteiger partial charge on any atom is 0.225 e. The van der Waals surface area contributed by atoms with Crippen molar-refractivity contribution in [2.45, 2.75) is 20.8 Å². The van der Waals surface area contributed by atoms with Crippen molar-refractivity contribution in [2.24, 2.45) is 5.41 Å². The Morgan fingerprint density at radius 3 is 2.11 bits per heavy atom. The predicted octanol–water partition coefficient (Wildman–Crippen LogP) is -0.274. The molecule has 1 rings (SSSR count). The summed E-state index contributed by atoms with van der Waals surface area (Å²) in [6.45, 7) is 9.52. The molecule has 1 N–H and O–H groups in total. The lowest BCUT2D eigenvalue weighted by molar-refractivity contribution is -0.128. The fraction of sp³-hybridized carbons (Fsp3) is 0.917. The van der Waals surface area contributed by atoms with E-state index in [1.165, 1.54) is 10.6 Å². The van der Waals surface area contributed by atoms with Crippen LogP contribution in [0.3, 0.4) is 0 Å². The van der Waals surface area contributed by atoms with Crippen LogP contribution in [0.4, 0.5) is 0 Å². The third kappa shape index (κ3) is 5.46. The van der Waals surface area contributed by atoms with Gasteiger partial charge in [-0.2, -0.15) is 4.31 Å². The highest BCUT2D eigenvalue weighted by molar-refractivity contribution is 7.88. The van der Waals surface area contributed by atoms with Gasteiger partial charge in [-0.3, -0.25) is 9.69 Å². The third-order valence-corrected chi connectivity index (χ3v) is 4.50. The molecule has 0 unspecified atom stereocenters. The molecule has 0 bridgehead atoms. The SMILES string of the molecule is CC(C)(C)C(=O)NCCN1CCN(S(C)(=O)=O)CC1. The van der Waals surface area contributed by atoms with E-state index in [-0.39, 0.29) is 11.3 Å². The minimum Gasteiger partial charge on any atom is -0.354 e. The number of hydrogen-bond donors (Lipinski definition) is 1. The number of rotatable bonds is 4. The number of piperazine rings is 1. The minimum atomic E-state index is -3.07. The summed E-state index contributed by atoms with van der Waals surface area (Å²) in [7, 11) is -3.07. The molecule has 19 heavy (non-hydrogen) atoms. The number of amides is 1. The first-order chi connectivity index (χ1) is 8.60. The second-order valence-electron chi connectivity index (χ2n) is 6.01. The average molecular weight is 291 g/mol. The van der Waals surface area contributed by atoms with Crippen molar-refractivity contribution in [1.82, 2.24) is 14.5 Å². The second-order valence-corrected chi connectivity index (χ2v) is 7.99. The number of sulfonamides is 1. The largest absolute Gasteiger partial charge is 0.354 e. The molecule has 1 heterocycles. The van der Waals surface area contributed by atoms with Crippen LogP contribution in [0.2, 0.25) is 0 Å². The molecule has 0 atom stereocenters. The monoisotopic (exact) mass is 291 g/mol. The lowest BCUT2D eigenvalue weighted by atomic mass is 9.96. The van der Waals surface area contributed by atoms with Gasteiger partial charge in [-0.05, 0) is 0 Å². The van der Waals surface area contributed by atoms with E-state index in [1.807, 2.05) is 20.8 Å². The molecule has 1 saturated heterocycles. The van der Waals surface area contributed by atoms with Gasteiger partial charge in [0.05, 0.1) is 6.26 Å². The van der Waals surface area contributed by atoms with Gasteiger partial charge in [-0.15, -0.1) is 0 Å². The molecule has 0 aromatic rings. The van der Waals surface area contributed by atoms with E-state index in [1.54, 1.807) is 0 Å². The summed E-state index contributed by atoms with van der Waals surface area (Å²) in [5.74, 6) is 0.0438. The van der Waals surface area contributed by atoms with Crippen LogP contribution in [0.1, 0.15) is 20.8 Å². The Balaban J connectivity index is 2.26. The summed E-state index contributed by atoms with van der Waals surface area (Å²) < 4.78 is 24.2. The summed E-state index contributed by atoms with van der Waals surface area (Å²) in [6.07, 6.45) is 1.24. The number of hydrogen-bond acceptors (Lipinski definition) is 4. The first-order valence-electron chi connectivity index (χ1n) is 6.56. The molecule has 0 aliphatic carbocycles. The molecule has 7 heteroatoms. The van der Waals surface area contributed by atoms with Crippen molar-refractivity contribution >= 4 is 15.9 Å². The molecule has 1 aliphatic heterocycles. The van der Waals surface area contributed by atoms with E-state index in [0.717, 1.165) is 19.6 Å². The van der Waals surface area contributed by atoms with Gasteiger partial charge >= 0.3 is 0 Å². The highest BCUT2D eigenvalue weighted by atomic mass is 32.2. The van der Waals surface area contributed by atoms with Crippen molar-refractivity contribution < 1.29 is 13.2 Å². The highest BCUT2D eigenvalue weighted by Crippen LogP contribution is 2.12. The molecule has 6 nitrogen and oxygen atoms in total. The van der Waals surface area contributed by atoms with Gasteiger partial charge in [-0.25, -0.2) is 8.42 Å². The van der Waals surface area contributed by atoms with E-state index in [9.17, 15) is 13.2 Å². The molecule has 1 fully saturated rings. The zero-order chi connectivity index (χ0) is 14.7. The molecular weight excluding hydrogens is 266 g/mol. The van der Waals surface area contributed by atoms with Gasteiger partial charge in [-0.1, -0.05) is 20.8 Å². The van der Waals surface area contributed by atoms with Crippen LogP contribution < -0.4 is 5.32 Å². The zero-order valence-electron chi connectivity index (χ0n) is 12.3.